The van der Waals surface area contributed by atoms with Gasteiger partial charge in [-0.2, -0.15) is 5.10 Å². The van der Waals surface area contributed by atoms with Crippen molar-refractivity contribution in [3.05, 3.63) is 42.0 Å². The van der Waals surface area contributed by atoms with Crippen LogP contribution in [0.3, 0.4) is 0 Å². The van der Waals surface area contributed by atoms with Gasteiger partial charge in [-0.1, -0.05) is 69.0 Å². The minimum absolute atomic E-state index is 0.00846. The Bertz CT molecular complexity index is 424. The van der Waals surface area contributed by atoms with E-state index in [1.807, 2.05) is 42.5 Å². The molecule has 108 valence electrons. The highest BCUT2D eigenvalue weighted by Crippen LogP contribution is 2.04. The second-order valence-corrected chi connectivity index (χ2v) is 4.75. The lowest BCUT2D eigenvalue weighted by atomic mass is 10.1. The summed E-state index contributed by atoms with van der Waals surface area (Å²) in [4.78, 5) is 11.5. The van der Waals surface area contributed by atoms with Gasteiger partial charge >= 0.3 is 0 Å². The second kappa shape index (κ2) is 11.0. The van der Waals surface area contributed by atoms with E-state index in [-0.39, 0.29) is 5.91 Å². The second-order valence-electron chi connectivity index (χ2n) is 4.75. The Morgan fingerprint density at radius 1 is 1.15 bits per heavy atom. The molecule has 0 unspecified atom stereocenters. The molecule has 1 aromatic carbocycles. The molecule has 0 spiro atoms. The van der Waals surface area contributed by atoms with E-state index in [4.69, 9.17) is 0 Å². The van der Waals surface area contributed by atoms with Crippen LogP contribution in [-0.4, -0.2) is 12.1 Å². The fourth-order valence-electron chi connectivity index (χ4n) is 1.82. The van der Waals surface area contributed by atoms with Crippen LogP contribution in [0.1, 0.15) is 51.0 Å². The first-order chi connectivity index (χ1) is 9.83. The van der Waals surface area contributed by atoms with E-state index < -0.39 is 0 Å². The Morgan fingerprint density at radius 2 is 1.90 bits per heavy atom. The number of carbonyl (C=O) groups is 1. The maximum Gasteiger partial charge on any atom is 0.240 e. The molecule has 0 aliphatic heterocycles. The van der Waals surface area contributed by atoms with Crippen molar-refractivity contribution in [1.29, 1.82) is 0 Å². The molecule has 1 N–H and O–H groups in total. The number of nitrogens with zero attached hydrogens (tertiary/aromatic N) is 1. The molecular formula is C17H24N2O. The summed E-state index contributed by atoms with van der Waals surface area (Å²) in [6.45, 7) is 2.18. The topological polar surface area (TPSA) is 41.5 Å². The molecule has 1 aromatic rings. The number of nitrogens with one attached hydrogen (secondary N) is 1. The summed E-state index contributed by atoms with van der Waals surface area (Å²) in [6.07, 6.45) is 11.7. The Morgan fingerprint density at radius 3 is 2.65 bits per heavy atom. The van der Waals surface area contributed by atoms with Crippen molar-refractivity contribution >= 4 is 18.2 Å². The first-order valence-electron chi connectivity index (χ1n) is 7.36. The van der Waals surface area contributed by atoms with E-state index in [0.29, 0.717) is 6.42 Å². The van der Waals surface area contributed by atoms with E-state index in [2.05, 4.69) is 17.5 Å². The average Bonchev–Trinajstić information content (AvgIpc) is 2.48. The van der Waals surface area contributed by atoms with Crippen LogP contribution in [0.5, 0.6) is 0 Å². The van der Waals surface area contributed by atoms with E-state index in [0.717, 1.165) is 18.4 Å². The van der Waals surface area contributed by atoms with Crippen molar-refractivity contribution in [3.63, 3.8) is 0 Å². The molecular weight excluding hydrogens is 248 g/mol. The standard InChI is InChI=1S/C17H24N2O/c1-2-3-4-5-9-14-17(20)19-18-15-10-13-16-11-7-6-8-12-16/h6-8,10-13,15H,2-5,9,14H2,1H3,(H,19,20)/b13-10+,18-15+. The minimum Gasteiger partial charge on any atom is -0.273 e. The van der Waals surface area contributed by atoms with Crippen LogP contribution in [-0.2, 0) is 4.79 Å². The molecule has 0 saturated heterocycles. The first kappa shape index (κ1) is 16.2. The van der Waals surface area contributed by atoms with Crippen molar-refractivity contribution in [1.82, 2.24) is 5.43 Å². The summed E-state index contributed by atoms with van der Waals surface area (Å²) in [7, 11) is 0. The number of hydrazone groups is 1. The summed E-state index contributed by atoms with van der Waals surface area (Å²) in [5.74, 6) is -0.00846. The lowest BCUT2D eigenvalue weighted by molar-refractivity contribution is -0.121. The van der Waals surface area contributed by atoms with Crippen molar-refractivity contribution in [3.8, 4) is 0 Å². The molecule has 0 fully saturated rings. The van der Waals surface area contributed by atoms with Gasteiger partial charge in [-0.05, 0) is 18.1 Å². The molecule has 1 rings (SSSR count). The molecule has 1 amide bonds. The maximum absolute atomic E-state index is 11.5. The monoisotopic (exact) mass is 272 g/mol. The summed E-state index contributed by atoms with van der Waals surface area (Å²) in [5, 5.41) is 3.89. The maximum atomic E-state index is 11.5. The molecule has 0 aliphatic carbocycles. The number of benzene rings is 1. The molecule has 0 radical (unpaired) electrons. The zero-order chi connectivity index (χ0) is 14.5. The summed E-state index contributed by atoms with van der Waals surface area (Å²) in [5.41, 5.74) is 3.65. The van der Waals surface area contributed by atoms with Crippen molar-refractivity contribution in [2.24, 2.45) is 5.10 Å². The first-order valence-corrected chi connectivity index (χ1v) is 7.36. The van der Waals surface area contributed by atoms with Gasteiger partial charge in [0.25, 0.3) is 0 Å². The summed E-state index contributed by atoms with van der Waals surface area (Å²) < 4.78 is 0. The lowest BCUT2D eigenvalue weighted by Crippen LogP contribution is -2.16. The molecule has 0 atom stereocenters. The molecule has 0 heterocycles. The Hall–Kier alpha value is -1.90. The molecule has 0 saturated carbocycles. The van der Waals surface area contributed by atoms with Gasteiger partial charge in [0.2, 0.25) is 5.91 Å². The van der Waals surface area contributed by atoms with Gasteiger partial charge in [0, 0.05) is 12.6 Å². The van der Waals surface area contributed by atoms with Crippen molar-refractivity contribution in [2.75, 3.05) is 0 Å². The molecule has 3 nitrogen and oxygen atoms in total. The lowest BCUT2D eigenvalue weighted by Gasteiger charge is -1.99. The predicted octanol–water partition coefficient (Wildman–Crippen LogP) is 4.16. The zero-order valence-corrected chi connectivity index (χ0v) is 12.2. The minimum atomic E-state index is -0.00846. The quantitative estimate of drug-likeness (QED) is 0.409. The number of hydrogen-bond acceptors (Lipinski definition) is 2. The van der Waals surface area contributed by atoms with Crippen molar-refractivity contribution < 1.29 is 4.79 Å². The SMILES string of the molecule is CCCCCCCC(=O)N/N=C/C=C/c1ccccc1. The van der Waals surface area contributed by atoms with Crippen LogP contribution in [0.25, 0.3) is 6.08 Å². The molecule has 0 aromatic heterocycles. The van der Waals surface area contributed by atoms with Crippen LogP contribution in [0.2, 0.25) is 0 Å². The smallest absolute Gasteiger partial charge is 0.240 e. The highest BCUT2D eigenvalue weighted by Gasteiger charge is 1.98. The average molecular weight is 272 g/mol. The van der Waals surface area contributed by atoms with Gasteiger partial charge in [0.15, 0.2) is 0 Å². The van der Waals surface area contributed by atoms with Gasteiger partial charge in [0.1, 0.15) is 0 Å². The van der Waals surface area contributed by atoms with Gasteiger partial charge in [-0.3, -0.25) is 4.79 Å². The normalized spacial score (nSPS) is 11.2. The molecule has 20 heavy (non-hydrogen) atoms. The van der Waals surface area contributed by atoms with Gasteiger partial charge in [0.05, 0.1) is 0 Å². The summed E-state index contributed by atoms with van der Waals surface area (Å²) >= 11 is 0. The van der Waals surface area contributed by atoms with Crippen molar-refractivity contribution in [2.45, 2.75) is 45.4 Å². The molecule has 0 bridgehead atoms. The van der Waals surface area contributed by atoms with Crippen LogP contribution < -0.4 is 5.43 Å². The van der Waals surface area contributed by atoms with Crippen LogP contribution in [0.15, 0.2) is 41.5 Å². The largest absolute Gasteiger partial charge is 0.273 e. The van der Waals surface area contributed by atoms with E-state index >= 15 is 0 Å². The molecule has 0 aliphatic rings. The Kier molecular flexibility index (Phi) is 8.86. The zero-order valence-electron chi connectivity index (χ0n) is 12.2. The summed E-state index contributed by atoms with van der Waals surface area (Å²) in [6, 6.07) is 9.97. The van der Waals surface area contributed by atoms with Gasteiger partial charge < -0.3 is 0 Å². The van der Waals surface area contributed by atoms with Gasteiger partial charge in [-0.15, -0.1) is 0 Å². The Balaban J connectivity index is 2.11. The number of rotatable bonds is 9. The van der Waals surface area contributed by atoms with E-state index in [9.17, 15) is 4.79 Å². The fourth-order valence-corrected chi connectivity index (χ4v) is 1.82. The molecule has 3 heteroatoms. The number of hydrogen-bond donors (Lipinski definition) is 1. The third kappa shape index (κ3) is 8.25. The third-order valence-corrected chi connectivity index (χ3v) is 2.95. The third-order valence-electron chi connectivity index (χ3n) is 2.95. The number of allylic oxidation sites excluding steroid dienone is 1. The number of amides is 1. The van der Waals surface area contributed by atoms with Gasteiger partial charge in [-0.25, -0.2) is 5.43 Å². The van der Waals surface area contributed by atoms with E-state index in [1.165, 1.54) is 19.3 Å². The fraction of sp³-hybridized carbons (Fsp3) is 0.412. The number of unbranched alkanes of at least 4 members (excludes halogenated alkanes) is 4. The highest BCUT2D eigenvalue weighted by atomic mass is 16.2. The van der Waals surface area contributed by atoms with Crippen LogP contribution in [0, 0.1) is 0 Å². The van der Waals surface area contributed by atoms with E-state index in [1.54, 1.807) is 6.21 Å². The van der Waals surface area contributed by atoms with Crippen LogP contribution in [0.4, 0.5) is 0 Å². The van der Waals surface area contributed by atoms with Crippen LogP contribution >= 0.6 is 0 Å². The Labute approximate surface area is 121 Å². The highest BCUT2D eigenvalue weighted by molar-refractivity contribution is 5.81. The number of carbonyl (C=O) groups excluding carboxylic acids is 1. The predicted molar refractivity (Wildman–Crippen MR) is 85.5 cm³/mol.